The van der Waals surface area contributed by atoms with E-state index in [1.807, 2.05) is 29.0 Å². The summed E-state index contributed by atoms with van der Waals surface area (Å²) in [6, 6.07) is 9.12. The van der Waals surface area contributed by atoms with E-state index in [0.29, 0.717) is 17.2 Å². The molecular formula is C16H16N4O3S. The predicted octanol–water partition coefficient (Wildman–Crippen LogP) is 2.03. The third kappa shape index (κ3) is 3.90. The number of methoxy groups -OCH3 is 1. The van der Waals surface area contributed by atoms with Crippen molar-refractivity contribution in [2.24, 2.45) is 0 Å². The van der Waals surface area contributed by atoms with Gasteiger partial charge in [-0.25, -0.2) is 4.68 Å². The number of ether oxygens (including phenoxy) is 2. The molecule has 0 saturated carbocycles. The minimum Gasteiger partial charge on any atom is -0.493 e. The summed E-state index contributed by atoms with van der Waals surface area (Å²) in [6.07, 6.45) is 1.78. The first kappa shape index (κ1) is 16.0. The van der Waals surface area contributed by atoms with E-state index >= 15 is 0 Å². The van der Waals surface area contributed by atoms with Crippen LogP contribution in [0.2, 0.25) is 0 Å². The number of amides is 1. The monoisotopic (exact) mass is 344 g/mol. The number of para-hydroxylation sites is 2. The number of aromatic nitrogens is 3. The standard InChI is InChI=1S/C16H16N4O3S/c1-22-14-4-2-3-5-15(14)23-10-16(21)17-8-12-9-20(19-18-12)13-6-7-24-11-13/h2-7,9,11H,8,10H2,1H3,(H,17,21). The molecule has 124 valence electrons. The quantitative estimate of drug-likeness (QED) is 0.709. The lowest BCUT2D eigenvalue weighted by Gasteiger charge is -2.09. The van der Waals surface area contributed by atoms with E-state index in [0.717, 1.165) is 5.69 Å². The number of carbonyl (C=O) groups is 1. The molecule has 0 spiro atoms. The maximum atomic E-state index is 11.9. The van der Waals surface area contributed by atoms with Crippen molar-refractivity contribution in [3.63, 3.8) is 0 Å². The first-order valence-electron chi connectivity index (χ1n) is 7.22. The van der Waals surface area contributed by atoms with Gasteiger partial charge in [0.15, 0.2) is 18.1 Å². The second-order valence-electron chi connectivity index (χ2n) is 4.85. The molecule has 0 fully saturated rings. The Kier molecular flexibility index (Phi) is 5.07. The van der Waals surface area contributed by atoms with Gasteiger partial charge in [-0.05, 0) is 23.6 Å². The highest BCUT2D eigenvalue weighted by atomic mass is 32.1. The fourth-order valence-corrected chi connectivity index (χ4v) is 2.64. The molecule has 2 aromatic heterocycles. The molecule has 0 saturated heterocycles. The van der Waals surface area contributed by atoms with Crippen molar-refractivity contribution in [3.05, 3.63) is 53.0 Å². The summed E-state index contributed by atoms with van der Waals surface area (Å²) < 4.78 is 12.3. The lowest BCUT2D eigenvalue weighted by atomic mass is 10.3. The van der Waals surface area contributed by atoms with Crippen LogP contribution in [-0.4, -0.2) is 34.6 Å². The molecule has 1 amide bonds. The summed E-state index contributed by atoms with van der Waals surface area (Å²) in [4.78, 5) is 11.9. The van der Waals surface area contributed by atoms with Crippen molar-refractivity contribution in [2.75, 3.05) is 13.7 Å². The summed E-state index contributed by atoms with van der Waals surface area (Å²) in [5, 5.41) is 14.7. The fourth-order valence-electron chi connectivity index (χ4n) is 2.01. The number of hydrogen-bond donors (Lipinski definition) is 1. The number of rotatable bonds is 7. The first-order valence-corrected chi connectivity index (χ1v) is 8.17. The van der Waals surface area contributed by atoms with Gasteiger partial charge < -0.3 is 14.8 Å². The molecule has 2 heterocycles. The molecule has 24 heavy (non-hydrogen) atoms. The average Bonchev–Trinajstić information content (AvgIpc) is 3.29. The normalized spacial score (nSPS) is 10.4. The number of benzene rings is 1. The van der Waals surface area contributed by atoms with E-state index in [1.54, 1.807) is 41.5 Å². The van der Waals surface area contributed by atoms with Gasteiger partial charge in [0, 0.05) is 5.38 Å². The summed E-state index contributed by atoms with van der Waals surface area (Å²) in [7, 11) is 1.55. The predicted molar refractivity (Wildman–Crippen MR) is 89.6 cm³/mol. The third-order valence-corrected chi connectivity index (χ3v) is 3.88. The largest absolute Gasteiger partial charge is 0.493 e. The van der Waals surface area contributed by atoms with E-state index in [4.69, 9.17) is 9.47 Å². The molecule has 3 aromatic rings. The molecule has 0 radical (unpaired) electrons. The molecule has 1 aromatic carbocycles. The van der Waals surface area contributed by atoms with Gasteiger partial charge in [0.05, 0.1) is 25.5 Å². The molecule has 0 bridgehead atoms. The highest BCUT2D eigenvalue weighted by Crippen LogP contribution is 2.25. The van der Waals surface area contributed by atoms with Gasteiger partial charge in [0.25, 0.3) is 5.91 Å². The Hall–Kier alpha value is -2.87. The van der Waals surface area contributed by atoms with Gasteiger partial charge in [-0.1, -0.05) is 17.3 Å². The molecule has 3 rings (SSSR count). The molecular weight excluding hydrogens is 328 g/mol. The van der Waals surface area contributed by atoms with Crippen molar-refractivity contribution in [2.45, 2.75) is 6.54 Å². The Morgan fingerprint density at radius 2 is 2.12 bits per heavy atom. The zero-order chi connectivity index (χ0) is 16.8. The lowest BCUT2D eigenvalue weighted by Crippen LogP contribution is -2.28. The Labute approximate surface area is 142 Å². The van der Waals surface area contributed by atoms with Crippen LogP contribution in [0.4, 0.5) is 0 Å². The van der Waals surface area contributed by atoms with E-state index in [9.17, 15) is 4.79 Å². The van der Waals surface area contributed by atoms with Crippen LogP contribution < -0.4 is 14.8 Å². The van der Waals surface area contributed by atoms with Crippen molar-refractivity contribution < 1.29 is 14.3 Å². The van der Waals surface area contributed by atoms with Crippen LogP contribution >= 0.6 is 11.3 Å². The Bertz CT molecular complexity index is 801. The van der Waals surface area contributed by atoms with E-state index < -0.39 is 0 Å². The molecule has 1 N–H and O–H groups in total. The number of thiophene rings is 1. The smallest absolute Gasteiger partial charge is 0.258 e. The Balaban J connectivity index is 1.49. The highest BCUT2D eigenvalue weighted by Gasteiger charge is 2.08. The van der Waals surface area contributed by atoms with Crippen LogP contribution in [0.15, 0.2) is 47.3 Å². The summed E-state index contributed by atoms with van der Waals surface area (Å²) in [5.41, 5.74) is 1.62. The Morgan fingerprint density at radius 3 is 2.88 bits per heavy atom. The first-order chi connectivity index (χ1) is 11.8. The minimum atomic E-state index is -0.244. The van der Waals surface area contributed by atoms with Crippen molar-refractivity contribution in [1.82, 2.24) is 20.3 Å². The molecule has 0 aliphatic rings. The van der Waals surface area contributed by atoms with Gasteiger partial charge in [0.1, 0.15) is 5.69 Å². The molecule has 0 unspecified atom stereocenters. The zero-order valence-corrected chi connectivity index (χ0v) is 13.8. The molecule has 0 aliphatic carbocycles. The van der Waals surface area contributed by atoms with E-state index in [-0.39, 0.29) is 19.1 Å². The lowest BCUT2D eigenvalue weighted by molar-refractivity contribution is -0.123. The van der Waals surface area contributed by atoms with E-state index in [1.165, 1.54) is 0 Å². The second-order valence-corrected chi connectivity index (χ2v) is 5.63. The number of hydrogen-bond acceptors (Lipinski definition) is 6. The minimum absolute atomic E-state index is 0.0982. The van der Waals surface area contributed by atoms with Gasteiger partial charge in [-0.15, -0.1) is 5.10 Å². The summed E-state index contributed by atoms with van der Waals surface area (Å²) >= 11 is 1.58. The van der Waals surface area contributed by atoms with Crippen LogP contribution in [0.25, 0.3) is 5.69 Å². The van der Waals surface area contributed by atoms with Gasteiger partial charge in [0.2, 0.25) is 0 Å². The molecule has 7 nitrogen and oxygen atoms in total. The van der Waals surface area contributed by atoms with Gasteiger partial charge >= 0.3 is 0 Å². The fraction of sp³-hybridized carbons (Fsp3) is 0.188. The highest BCUT2D eigenvalue weighted by molar-refractivity contribution is 7.08. The van der Waals surface area contributed by atoms with Crippen LogP contribution in [0, 0.1) is 0 Å². The number of nitrogens with zero attached hydrogens (tertiary/aromatic N) is 3. The van der Waals surface area contributed by atoms with Crippen LogP contribution in [-0.2, 0) is 11.3 Å². The SMILES string of the molecule is COc1ccccc1OCC(=O)NCc1cn(-c2ccsc2)nn1. The summed E-state index contributed by atoms with van der Waals surface area (Å²) in [5.74, 6) is 0.869. The van der Waals surface area contributed by atoms with Crippen molar-refractivity contribution >= 4 is 17.2 Å². The van der Waals surface area contributed by atoms with Gasteiger partial charge in [-0.3, -0.25) is 4.79 Å². The third-order valence-electron chi connectivity index (χ3n) is 3.21. The molecule has 8 heteroatoms. The summed E-state index contributed by atoms with van der Waals surface area (Å²) in [6.45, 7) is 0.192. The van der Waals surface area contributed by atoms with Crippen LogP contribution in [0.5, 0.6) is 11.5 Å². The molecule has 0 atom stereocenters. The van der Waals surface area contributed by atoms with E-state index in [2.05, 4.69) is 15.6 Å². The topological polar surface area (TPSA) is 78.3 Å². The maximum Gasteiger partial charge on any atom is 0.258 e. The Morgan fingerprint density at radius 1 is 1.29 bits per heavy atom. The molecule has 0 aliphatic heterocycles. The van der Waals surface area contributed by atoms with Crippen molar-refractivity contribution in [1.29, 1.82) is 0 Å². The van der Waals surface area contributed by atoms with Gasteiger partial charge in [-0.2, -0.15) is 11.3 Å². The number of carbonyl (C=O) groups excluding carboxylic acids is 1. The number of nitrogens with one attached hydrogen (secondary N) is 1. The zero-order valence-electron chi connectivity index (χ0n) is 13.0. The van der Waals surface area contributed by atoms with Crippen LogP contribution in [0.3, 0.4) is 0 Å². The van der Waals surface area contributed by atoms with Crippen molar-refractivity contribution in [3.8, 4) is 17.2 Å². The second kappa shape index (κ2) is 7.60. The average molecular weight is 344 g/mol. The van der Waals surface area contributed by atoms with Crippen LogP contribution in [0.1, 0.15) is 5.69 Å². The maximum absolute atomic E-state index is 11.9.